The molecular formula is C18H29IN6OS. The van der Waals surface area contributed by atoms with Crippen LogP contribution in [-0.4, -0.2) is 52.4 Å². The van der Waals surface area contributed by atoms with E-state index in [1.165, 1.54) is 0 Å². The molecule has 3 heterocycles. The van der Waals surface area contributed by atoms with Crippen LogP contribution in [0.1, 0.15) is 43.1 Å². The van der Waals surface area contributed by atoms with Gasteiger partial charge in [-0.15, -0.1) is 35.3 Å². The lowest BCUT2D eigenvalue weighted by Crippen LogP contribution is -2.47. The second kappa shape index (κ2) is 9.33. The van der Waals surface area contributed by atoms with Crippen molar-refractivity contribution in [2.45, 2.75) is 38.8 Å². The first-order valence-corrected chi connectivity index (χ1v) is 9.75. The monoisotopic (exact) mass is 504 g/mol. The van der Waals surface area contributed by atoms with Crippen LogP contribution in [0.15, 0.2) is 22.8 Å². The lowest BCUT2D eigenvalue weighted by molar-refractivity contribution is -0.00805. The molecule has 3 rings (SSSR count). The van der Waals surface area contributed by atoms with Gasteiger partial charge in [-0.05, 0) is 0 Å². The summed E-state index contributed by atoms with van der Waals surface area (Å²) in [5, 5.41) is 11.0. The molecule has 2 aromatic rings. The number of halogens is 1. The minimum atomic E-state index is 0. The van der Waals surface area contributed by atoms with Gasteiger partial charge in [-0.3, -0.25) is 9.67 Å². The van der Waals surface area contributed by atoms with Gasteiger partial charge < -0.3 is 15.0 Å². The molecule has 1 aliphatic heterocycles. The average Bonchev–Trinajstić information content (AvgIpc) is 3.24. The molecule has 1 saturated heterocycles. The molecule has 2 aromatic heterocycles. The van der Waals surface area contributed by atoms with Gasteiger partial charge in [0.2, 0.25) is 0 Å². The maximum Gasteiger partial charge on any atom is 0.194 e. The van der Waals surface area contributed by atoms with Crippen molar-refractivity contribution in [3.63, 3.8) is 0 Å². The highest BCUT2D eigenvalue weighted by Gasteiger charge is 2.25. The van der Waals surface area contributed by atoms with Crippen molar-refractivity contribution in [1.29, 1.82) is 0 Å². The standard InChI is InChI=1S/C18H28N6OS.HI/c1-18(2,3)16-22-14(12-26-16)9-20-17(19-4)24-6-7-25-15(11-24)13-8-21-23(5)10-13;/h8,10,12,15H,6-7,9,11H2,1-5H3,(H,19,20);1H. The first-order valence-electron chi connectivity index (χ1n) is 8.87. The molecule has 0 aromatic carbocycles. The highest BCUT2D eigenvalue weighted by Crippen LogP contribution is 2.25. The van der Waals surface area contributed by atoms with E-state index in [4.69, 9.17) is 9.72 Å². The smallest absolute Gasteiger partial charge is 0.194 e. The van der Waals surface area contributed by atoms with Gasteiger partial charge in [0.15, 0.2) is 5.96 Å². The number of aryl methyl sites for hydroxylation is 1. The van der Waals surface area contributed by atoms with Gasteiger partial charge in [-0.1, -0.05) is 20.8 Å². The summed E-state index contributed by atoms with van der Waals surface area (Å²) in [6.45, 7) is 9.49. The van der Waals surface area contributed by atoms with Crippen molar-refractivity contribution in [3.8, 4) is 0 Å². The molecule has 9 heteroatoms. The summed E-state index contributed by atoms with van der Waals surface area (Å²) >= 11 is 1.72. The third-order valence-electron chi connectivity index (χ3n) is 4.30. The van der Waals surface area contributed by atoms with Gasteiger partial charge in [0.1, 0.15) is 6.10 Å². The topological polar surface area (TPSA) is 67.6 Å². The van der Waals surface area contributed by atoms with E-state index in [0.717, 1.165) is 35.3 Å². The fourth-order valence-electron chi connectivity index (χ4n) is 2.88. The Bertz CT molecular complexity index is 766. The van der Waals surface area contributed by atoms with Crippen LogP contribution < -0.4 is 5.32 Å². The number of ether oxygens (including phenoxy) is 1. The molecule has 1 N–H and O–H groups in total. The van der Waals surface area contributed by atoms with E-state index in [1.807, 2.05) is 26.5 Å². The van der Waals surface area contributed by atoms with Gasteiger partial charge in [-0.2, -0.15) is 5.10 Å². The molecule has 0 saturated carbocycles. The number of morpholine rings is 1. The molecule has 1 fully saturated rings. The highest BCUT2D eigenvalue weighted by molar-refractivity contribution is 14.0. The Hall–Kier alpha value is -1.20. The quantitative estimate of drug-likeness (QED) is 0.396. The number of nitrogens with zero attached hydrogens (tertiary/aromatic N) is 5. The minimum absolute atomic E-state index is 0. The summed E-state index contributed by atoms with van der Waals surface area (Å²) in [7, 11) is 3.74. The molecule has 1 aliphatic rings. The van der Waals surface area contributed by atoms with Crippen LogP contribution in [0.3, 0.4) is 0 Å². The van der Waals surface area contributed by atoms with Crippen LogP contribution in [0.5, 0.6) is 0 Å². The lowest BCUT2D eigenvalue weighted by atomic mass is 9.98. The van der Waals surface area contributed by atoms with Gasteiger partial charge in [0, 0.05) is 43.2 Å². The predicted molar refractivity (Wildman–Crippen MR) is 120 cm³/mol. The average molecular weight is 504 g/mol. The fraction of sp³-hybridized carbons (Fsp3) is 0.611. The zero-order valence-corrected chi connectivity index (χ0v) is 19.7. The van der Waals surface area contributed by atoms with Crippen molar-refractivity contribution in [2.75, 3.05) is 26.7 Å². The summed E-state index contributed by atoms with van der Waals surface area (Å²) in [5.74, 6) is 0.882. The van der Waals surface area contributed by atoms with E-state index in [2.05, 4.69) is 46.5 Å². The molecule has 0 aliphatic carbocycles. The molecule has 0 amide bonds. The van der Waals surface area contributed by atoms with Crippen molar-refractivity contribution >= 4 is 41.3 Å². The number of hydrogen-bond donors (Lipinski definition) is 1. The van der Waals surface area contributed by atoms with E-state index in [-0.39, 0.29) is 35.5 Å². The largest absolute Gasteiger partial charge is 0.370 e. The second-order valence-electron chi connectivity index (χ2n) is 7.55. The van der Waals surface area contributed by atoms with Gasteiger partial charge in [0.05, 0.1) is 36.6 Å². The van der Waals surface area contributed by atoms with E-state index in [9.17, 15) is 0 Å². The first kappa shape index (κ1) is 22.1. The van der Waals surface area contributed by atoms with Crippen LogP contribution >= 0.6 is 35.3 Å². The van der Waals surface area contributed by atoms with Crippen LogP contribution in [0.2, 0.25) is 0 Å². The molecular weight excluding hydrogens is 475 g/mol. The summed E-state index contributed by atoms with van der Waals surface area (Å²) in [6.07, 6.45) is 3.89. The fourth-order valence-corrected chi connectivity index (χ4v) is 3.79. The number of aliphatic imine (C=N–C) groups is 1. The van der Waals surface area contributed by atoms with Gasteiger partial charge >= 0.3 is 0 Å². The Labute approximate surface area is 182 Å². The molecule has 1 atom stereocenters. The van der Waals surface area contributed by atoms with Gasteiger partial charge in [0.25, 0.3) is 0 Å². The zero-order valence-electron chi connectivity index (χ0n) is 16.6. The van der Waals surface area contributed by atoms with Crippen molar-refractivity contribution in [3.05, 3.63) is 34.0 Å². The summed E-state index contributed by atoms with van der Waals surface area (Å²) in [5.41, 5.74) is 2.24. The third-order valence-corrected chi connectivity index (χ3v) is 5.61. The zero-order chi connectivity index (χ0) is 18.7. The third kappa shape index (κ3) is 5.64. The van der Waals surface area contributed by atoms with Crippen LogP contribution in [0.25, 0.3) is 0 Å². The van der Waals surface area contributed by atoms with Crippen molar-refractivity contribution in [2.24, 2.45) is 12.0 Å². The second-order valence-corrected chi connectivity index (χ2v) is 8.41. The Morgan fingerprint density at radius 3 is 2.81 bits per heavy atom. The number of hydrogen-bond acceptors (Lipinski definition) is 5. The van der Waals surface area contributed by atoms with E-state index >= 15 is 0 Å². The maximum atomic E-state index is 5.92. The Morgan fingerprint density at radius 2 is 2.22 bits per heavy atom. The summed E-state index contributed by atoms with van der Waals surface area (Å²) < 4.78 is 7.72. The lowest BCUT2D eigenvalue weighted by Gasteiger charge is -2.34. The van der Waals surface area contributed by atoms with Crippen LogP contribution in [-0.2, 0) is 23.7 Å². The molecule has 0 radical (unpaired) electrons. The van der Waals surface area contributed by atoms with Crippen molar-refractivity contribution in [1.82, 2.24) is 25.0 Å². The normalized spacial score (nSPS) is 18.3. The summed E-state index contributed by atoms with van der Waals surface area (Å²) in [4.78, 5) is 11.4. The molecule has 150 valence electrons. The van der Waals surface area contributed by atoms with Crippen molar-refractivity contribution < 1.29 is 4.74 Å². The Morgan fingerprint density at radius 1 is 1.44 bits per heavy atom. The highest BCUT2D eigenvalue weighted by atomic mass is 127. The van der Waals surface area contributed by atoms with Crippen LogP contribution in [0.4, 0.5) is 0 Å². The molecule has 0 spiro atoms. The predicted octanol–water partition coefficient (Wildman–Crippen LogP) is 2.94. The first-order chi connectivity index (χ1) is 12.4. The number of aromatic nitrogens is 3. The SMILES string of the molecule is CN=C(NCc1csc(C(C)(C)C)n1)N1CCOC(c2cnn(C)c2)C1.I. The van der Waals surface area contributed by atoms with Gasteiger partial charge in [-0.25, -0.2) is 4.98 Å². The molecule has 7 nitrogen and oxygen atoms in total. The van der Waals surface area contributed by atoms with Crippen LogP contribution in [0, 0.1) is 0 Å². The Balaban J connectivity index is 0.00000261. The maximum absolute atomic E-state index is 5.92. The number of rotatable bonds is 3. The molecule has 0 bridgehead atoms. The number of guanidine groups is 1. The molecule has 1 unspecified atom stereocenters. The number of nitrogens with one attached hydrogen (secondary N) is 1. The van der Waals surface area contributed by atoms with E-state index in [1.54, 1.807) is 16.0 Å². The number of thiazole rings is 1. The Kier molecular flexibility index (Phi) is 7.64. The summed E-state index contributed by atoms with van der Waals surface area (Å²) in [6, 6.07) is 0. The van der Waals surface area contributed by atoms with E-state index < -0.39 is 0 Å². The molecule has 27 heavy (non-hydrogen) atoms. The minimum Gasteiger partial charge on any atom is -0.370 e. The van der Waals surface area contributed by atoms with E-state index in [0.29, 0.717) is 13.2 Å².